The molecule has 0 aliphatic heterocycles. The van der Waals surface area contributed by atoms with Crippen LogP contribution in [-0.2, 0) is 9.59 Å². The summed E-state index contributed by atoms with van der Waals surface area (Å²) in [5.41, 5.74) is 0. The predicted octanol–water partition coefficient (Wildman–Crippen LogP) is -3.70. The van der Waals surface area contributed by atoms with E-state index < -0.39 is 49.8 Å². The molecule has 0 saturated carbocycles. The van der Waals surface area contributed by atoms with Gasteiger partial charge >= 0.3 is 5.97 Å². The Labute approximate surface area is 92.6 Å². The smallest absolute Gasteiger partial charge is 0.317 e. The maximum atomic E-state index is 11.2. The minimum absolute atomic E-state index is 0.381. The van der Waals surface area contributed by atoms with Crippen LogP contribution in [0.5, 0.6) is 0 Å². The van der Waals surface area contributed by atoms with Gasteiger partial charge in [0, 0.05) is 0 Å². The highest BCUT2D eigenvalue weighted by atomic mass is 16.4. The van der Waals surface area contributed by atoms with E-state index in [2.05, 4.69) is 0 Å². The summed E-state index contributed by atoms with van der Waals surface area (Å²) in [6, 6.07) is 0. The highest BCUT2D eigenvalue weighted by Crippen LogP contribution is 2.00. The van der Waals surface area contributed by atoms with Gasteiger partial charge in [0.2, 0.25) is 0 Å². The van der Waals surface area contributed by atoms with Crippen molar-refractivity contribution >= 4 is 11.8 Å². The van der Waals surface area contributed by atoms with E-state index >= 15 is 0 Å². The van der Waals surface area contributed by atoms with Gasteiger partial charge in [0.15, 0.2) is 5.78 Å². The van der Waals surface area contributed by atoms with Crippen molar-refractivity contribution in [2.75, 3.05) is 19.7 Å². The largest absolute Gasteiger partial charge is 0.480 e. The standard InChI is InChI=1S/C8H15NO7/c10-3-5(12)8(16)7(15)4(11)1-9-2-6(13)14/h5,7-10,12,15-16H,1-3H2,(H,13,14)/t5-,7-,8-/m1/s1/i/hD. The predicted molar refractivity (Wildman–Crippen MR) is 50.6 cm³/mol. The first-order valence-electron chi connectivity index (χ1n) is 4.87. The van der Waals surface area contributed by atoms with Gasteiger partial charge in [0.1, 0.15) is 19.7 Å². The highest BCUT2D eigenvalue weighted by molar-refractivity contribution is 5.85. The van der Waals surface area contributed by atoms with E-state index in [1.807, 2.05) is 0 Å². The number of hydrogen-bond acceptors (Lipinski definition) is 7. The summed E-state index contributed by atoms with van der Waals surface area (Å²) < 4.78 is 7.05. The van der Waals surface area contributed by atoms with Crippen LogP contribution >= 0.6 is 0 Å². The molecular weight excluding hydrogens is 222 g/mol. The lowest BCUT2D eigenvalue weighted by atomic mass is 10.0. The van der Waals surface area contributed by atoms with Gasteiger partial charge in [-0.25, -0.2) is 0 Å². The molecule has 0 aromatic carbocycles. The third kappa shape index (κ3) is 5.14. The number of carboxylic acids is 1. The summed E-state index contributed by atoms with van der Waals surface area (Å²) in [6.07, 6.45) is -5.56. The molecule has 8 nitrogen and oxygen atoms in total. The molecule has 6 N–H and O–H groups in total. The fraction of sp³-hybridized carbons (Fsp3) is 0.750. The number of rotatable bonds is 8. The van der Waals surface area contributed by atoms with Crippen LogP contribution in [0.3, 0.4) is 0 Å². The molecule has 0 rings (SSSR count). The lowest BCUT2D eigenvalue weighted by Gasteiger charge is -2.20. The average Bonchev–Trinajstić information content (AvgIpc) is 2.24. The molecule has 0 aliphatic rings. The Morgan fingerprint density at radius 1 is 1.25 bits per heavy atom. The number of nitrogens with one attached hydrogen (secondary N) is 1. The molecule has 0 spiro atoms. The zero-order chi connectivity index (χ0) is 13.6. The van der Waals surface area contributed by atoms with Gasteiger partial charge in [-0.05, 0) is 0 Å². The summed E-state index contributed by atoms with van der Waals surface area (Å²) in [5.74, 6) is -2.35. The first-order valence-corrected chi connectivity index (χ1v) is 4.43. The van der Waals surface area contributed by atoms with Crippen molar-refractivity contribution in [3.05, 3.63) is 0 Å². The average molecular weight is 238 g/mol. The van der Waals surface area contributed by atoms with E-state index in [4.69, 9.17) is 16.7 Å². The Balaban J connectivity index is 4.26. The van der Waals surface area contributed by atoms with Crippen LogP contribution in [0.25, 0.3) is 0 Å². The Hall–Kier alpha value is -1.06. The summed E-state index contributed by atoms with van der Waals surface area (Å²) in [7, 11) is 0. The molecular formula is C8H15NO7. The molecule has 0 aromatic rings. The van der Waals surface area contributed by atoms with Crippen molar-refractivity contribution in [3.63, 3.8) is 0 Å². The first-order chi connectivity index (χ1) is 7.79. The number of ketones is 1. The third-order valence-corrected chi connectivity index (χ3v) is 1.75. The minimum atomic E-state index is -1.99. The van der Waals surface area contributed by atoms with Crippen LogP contribution in [-0.4, -0.2) is 75.3 Å². The summed E-state index contributed by atoms with van der Waals surface area (Å²) >= 11 is 0. The molecule has 0 aromatic heterocycles. The molecule has 0 radical (unpaired) electrons. The van der Waals surface area contributed by atoms with Gasteiger partial charge in [0.05, 0.1) is 19.7 Å². The van der Waals surface area contributed by atoms with E-state index in [1.54, 1.807) is 0 Å². The van der Waals surface area contributed by atoms with E-state index in [9.17, 15) is 19.8 Å². The van der Waals surface area contributed by atoms with Gasteiger partial charge in [-0.2, -0.15) is 0 Å². The number of hydrogen-bond donors (Lipinski definition) is 6. The van der Waals surface area contributed by atoms with Gasteiger partial charge in [-0.1, -0.05) is 0 Å². The fourth-order valence-corrected chi connectivity index (χ4v) is 0.864. The maximum Gasteiger partial charge on any atom is 0.317 e. The molecule has 0 fully saturated rings. The molecule has 94 valence electrons. The highest BCUT2D eigenvalue weighted by Gasteiger charge is 2.29. The summed E-state index contributed by atoms with van der Waals surface area (Å²) in [5, 5.41) is 44.5. The Kier molecular flexibility index (Phi) is 5.90. The van der Waals surface area contributed by atoms with Crippen molar-refractivity contribution in [2.45, 2.75) is 18.3 Å². The summed E-state index contributed by atoms with van der Waals surface area (Å²) in [4.78, 5) is 21.4. The molecule has 0 aliphatic carbocycles. The lowest BCUT2D eigenvalue weighted by Crippen LogP contribution is -2.47. The second-order valence-electron chi connectivity index (χ2n) is 3.09. The fourth-order valence-electron chi connectivity index (χ4n) is 0.864. The molecule has 3 atom stereocenters. The number of carbonyl (C=O) groups is 2. The van der Waals surface area contributed by atoms with Gasteiger partial charge in [0.25, 0.3) is 0 Å². The van der Waals surface area contributed by atoms with Crippen molar-refractivity contribution in [1.29, 1.82) is 0 Å². The molecule has 0 heterocycles. The van der Waals surface area contributed by atoms with Gasteiger partial charge in [-0.3, -0.25) is 14.9 Å². The number of aliphatic hydroxyl groups is 4. The SMILES string of the molecule is [2H]N(CC(=O)O)CC(=O)[C@@H](O)[C@H](O)[C@H](O)CO. The van der Waals surface area contributed by atoms with Crippen LogP contribution in [0.2, 0.25) is 1.41 Å². The van der Waals surface area contributed by atoms with E-state index in [0.717, 1.165) is 0 Å². The van der Waals surface area contributed by atoms with Crippen LogP contribution in [0.4, 0.5) is 0 Å². The van der Waals surface area contributed by atoms with Crippen molar-refractivity contribution in [1.82, 2.24) is 5.31 Å². The van der Waals surface area contributed by atoms with Crippen LogP contribution in [0.15, 0.2) is 0 Å². The van der Waals surface area contributed by atoms with Crippen molar-refractivity contribution < 1.29 is 36.5 Å². The van der Waals surface area contributed by atoms with E-state index in [-0.39, 0.29) is 0 Å². The number of carbonyl (C=O) groups excluding carboxylic acids is 1. The quantitative estimate of drug-likeness (QED) is 0.253. The lowest BCUT2D eigenvalue weighted by molar-refractivity contribution is -0.139. The summed E-state index contributed by atoms with van der Waals surface area (Å²) in [6.45, 7) is -2.29. The van der Waals surface area contributed by atoms with E-state index in [1.165, 1.54) is 0 Å². The third-order valence-electron chi connectivity index (χ3n) is 1.75. The molecule has 0 amide bonds. The zero-order valence-electron chi connectivity index (χ0n) is 9.35. The second kappa shape index (κ2) is 7.25. The van der Waals surface area contributed by atoms with Crippen molar-refractivity contribution in [3.8, 4) is 0 Å². The molecule has 0 bridgehead atoms. The minimum Gasteiger partial charge on any atom is -0.480 e. The zero-order valence-corrected chi connectivity index (χ0v) is 8.35. The topological polar surface area (TPSA) is 147 Å². The first kappa shape index (κ1) is 13.0. The second-order valence-corrected chi connectivity index (χ2v) is 3.09. The molecule has 0 saturated heterocycles. The monoisotopic (exact) mass is 238 g/mol. The van der Waals surface area contributed by atoms with Gasteiger partial charge in [-0.15, -0.1) is 0 Å². The Morgan fingerprint density at radius 3 is 2.25 bits per heavy atom. The normalized spacial score (nSPS) is 17.7. The van der Waals surface area contributed by atoms with Crippen molar-refractivity contribution in [2.24, 2.45) is 0 Å². The number of aliphatic hydroxyl groups excluding tert-OH is 4. The van der Waals surface area contributed by atoms with Crippen LogP contribution < -0.4 is 5.31 Å². The maximum absolute atomic E-state index is 11.2. The Bertz CT molecular complexity index is 275. The molecule has 0 unspecified atom stereocenters. The Morgan fingerprint density at radius 2 is 1.81 bits per heavy atom. The molecule has 8 heteroatoms. The van der Waals surface area contributed by atoms with Crippen LogP contribution in [0.1, 0.15) is 0 Å². The number of carboxylic acid groups (broad SMARTS) is 1. The van der Waals surface area contributed by atoms with Crippen LogP contribution in [0, 0.1) is 0 Å². The van der Waals surface area contributed by atoms with E-state index in [0.29, 0.717) is 5.31 Å². The number of Topliss-reactive ketones (excluding diaryl/α,β-unsaturated/α-hetero) is 1. The van der Waals surface area contributed by atoms with Gasteiger partial charge < -0.3 is 25.5 Å². The molecule has 16 heavy (non-hydrogen) atoms. The number of aliphatic carboxylic acids is 1.